The third-order valence-corrected chi connectivity index (χ3v) is 4.72. The van der Waals surface area contributed by atoms with Crippen LogP contribution >= 0.6 is 0 Å². The molecule has 0 fully saturated rings. The van der Waals surface area contributed by atoms with Crippen molar-refractivity contribution in [1.82, 2.24) is 0 Å². The number of amides is 1. The van der Waals surface area contributed by atoms with Gasteiger partial charge in [-0.25, -0.2) is 8.42 Å². The normalized spacial score (nSPS) is 11.3. The van der Waals surface area contributed by atoms with E-state index in [1.54, 1.807) is 25.2 Å². The van der Waals surface area contributed by atoms with Crippen molar-refractivity contribution in [2.45, 2.75) is 6.92 Å². The van der Waals surface area contributed by atoms with Gasteiger partial charge in [0.15, 0.2) is 0 Å². The predicted molar refractivity (Wildman–Crippen MR) is 106 cm³/mol. The zero-order chi connectivity index (χ0) is 18.9. The van der Waals surface area contributed by atoms with E-state index in [2.05, 4.69) is 4.72 Å². The van der Waals surface area contributed by atoms with Gasteiger partial charge >= 0.3 is 0 Å². The monoisotopic (exact) mass is 368 g/mol. The maximum atomic E-state index is 13.0. The number of fused-ring (bicyclic) bond motifs is 1. The van der Waals surface area contributed by atoms with Gasteiger partial charge in [0, 0.05) is 12.7 Å². The van der Waals surface area contributed by atoms with Gasteiger partial charge in [-0.2, -0.15) is 0 Å². The number of anilines is 2. The summed E-state index contributed by atoms with van der Waals surface area (Å²) in [6.07, 6.45) is 1.06. The first kappa shape index (κ1) is 17.9. The van der Waals surface area contributed by atoms with Crippen LogP contribution in [0.1, 0.15) is 15.9 Å². The minimum Gasteiger partial charge on any atom is -0.311 e. The lowest BCUT2D eigenvalue weighted by atomic mass is 10.1. The quantitative estimate of drug-likeness (QED) is 0.762. The number of sulfonamides is 1. The number of carbonyl (C=O) groups is 1. The number of rotatable bonds is 4. The van der Waals surface area contributed by atoms with Gasteiger partial charge in [0.2, 0.25) is 10.0 Å². The van der Waals surface area contributed by atoms with E-state index >= 15 is 0 Å². The smallest absolute Gasteiger partial charge is 0.260 e. The minimum atomic E-state index is -3.49. The second-order valence-electron chi connectivity index (χ2n) is 6.32. The molecule has 0 spiro atoms. The average Bonchev–Trinajstić information content (AvgIpc) is 2.60. The van der Waals surface area contributed by atoms with Crippen molar-refractivity contribution < 1.29 is 13.2 Å². The molecule has 26 heavy (non-hydrogen) atoms. The lowest BCUT2D eigenvalue weighted by Gasteiger charge is -2.20. The average molecular weight is 368 g/mol. The van der Waals surface area contributed by atoms with Crippen LogP contribution in [-0.2, 0) is 10.0 Å². The molecule has 6 heteroatoms. The van der Waals surface area contributed by atoms with E-state index in [1.165, 1.54) is 4.90 Å². The molecule has 1 N–H and O–H groups in total. The van der Waals surface area contributed by atoms with Crippen LogP contribution in [0.4, 0.5) is 11.4 Å². The van der Waals surface area contributed by atoms with Crippen LogP contribution in [0.25, 0.3) is 10.8 Å². The molecule has 0 aliphatic heterocycles. The molecule has 3 aromatic carbocycles. The van der Waals surface area contributed by atoms with E-state index in [0.29, 0.717) is 5.56 Å². The SMILES string of the molecule is Cc1ccc(NS(C)(=O)=O)c(C(=O)N(C)c2ccc3ccccc3c2)c1. The molecule has 0 aromatic heterocycles. The highest BCUT2D eigenvalue weighted by Gasteiger charge is 2.19. The van der Waals surface area contributed by atoms with E-state index in [-0.39, 0.29) is 11.6 Å². The molecule has 5 nitrogen and oxygen atoms in total. The molecule has 0 unspecified atom stereocenters. The number of nitrogens with one attached hydrogen (secondary N) is 1. The van der Waals surface area contributed by atoms with Crippen molar-refractivity contribution in [2.75, 3.05) is 22.9 Å². The van der Waals surface area contributed by atoms with E-state index in [9.17, 15) is 13.2 Å². The molecular formula is C20H20N2O3S. The fraction of sp³-hybridized carbons (Fsp3) is 0.150. The highest BCUT2D eigenvalue weighted by molar-refractivity contribution is 7.92. The largest absolute Gasteiger partial charge is 0.311 e. The molecule has 0 bridgehead atoms. The lowest BCUT2D eigenvalue weighted by molar-refractivity contribution is 0.0994. The van der Waals surface area contributed by atoms with Gasteiger partial charge in [-0.3, -0.25) is 9.52 Å². The second-order valence-corrected chi connectivity index (χ2v) is 8.07. The Labute approximate surface area is 153 Å². The summed E-state index contributed by atoms with van der Waals surface area (Å²) in [5, 5.41) is 2.12. The number of hydrogen-bond acceptors (Lipinski definition) is 3. The summed E-state index contributed by atoms with van der Waals surface area (Å²) >= 11 is 0. The van der Waals surface area contributed by atoms with Crippen molar-refractivity contribution in [3.63, 3.8) is 0 Å². The number of nitrogens with zero attached hydrogens (tertiary/aromatic N) is 1. The summed E-state index contributed by atoms with van der Waals surface area (Å²) in [6, 6.07) is 18.7. The van der Waals surface area contributed by atoms with Crippen LogP contribution < -0.4 is 9.62 Å². The Hall–Kier alpha value is -2.86. The summed E-state index contributed by atoms with van der Waals surface area (Å²) in [4.78, 5) is 14.6. The van der Waals surface area contributed by atoms with Gasteiger partial charge in [-0.15, -0.1) is 0 Å². The molecule has 0 saturated heterocycles. The Bertz CT molecular complexity index is 1090. The zero-order valence-corrected chi connectivity index (χ0v) is 15.7. The van der Waals surface area contributed by atoms with Crippen LogP contribution in [0.15, 0.2) is 60.7 Å². The fourth-order valence-electron chi connectivity index (χ4n) is 2.81. The van der Waals surface area contributed by atoms with Gasteiger partial charge < -0.3 is 4.90 Å². The molecule has 134 valence electrons. The number of benzene rings is 3. The highest BCUT2D eigenvalue weighted by Crippen LogP contribution is 2.25. The second kappa shape index (κ2) is 6.80. The van der Waals surface area contributed by atoms with Gasteiger partial charge in [0.1, 0.15) is 0 Å². The van der Waals surface area contributed by atoms with Crippen molar-refractivity contribution in [3.8, 4) is 0 Å². The van der Waals surface area contributed by atoms with E-state index in [1.807, 2.05) is 49.4 Å². The van der Waals surface area contributed by atoms with Gasteiger partial charge in [-0.1, -0.05) is 42.0 Å². The molecule has 0 atom stereocenters. The van der Waals surface area contributed by atoms with Crippen molar-refractivity contribution in [1.29, 1.82) is 0 Å². The van der Waals surface area contributed by atoms with Crippen molar-refractivity contribution in [2.24, 2.45) is 0 Å². The maximum absolute atomic E-state index is 13.0. The Kier molecular flexibility index (Phi) is 4.70. The summed E-state index contributed by atoms with van der Waals surface area (Å²) in [6.45, 7) is 1.86. The van der Waals surface area contributed by atoms with E-state index in [4.69, 9.17) is 0 Å². The summed E-state index contributed by atoms with van der Waals surface area (Å²) in [5.41, 5.74) is 2.20. The van der Waals surface area contributed by atoms with Gasteiger partial charge in [0.25, 0.3) is 5.91 Å². The summed E-state index contributed by atoms with van der Waals surface area (Å²) < 4.78 is 25.6. The molecule has 0 aliphatic carbocycles. The third kappa shape index (κ3) is 3.86. The van der Waals surface area contributed by atoms with Crippen LogP contribution in [0.2, 0.25) is 0 Å². The zero-order valence-electron chi connectivity index (χ0n) is 14.9. The van der Waals surface area contributed by atoms with Gasteiger partial charge in [0.05, 0.1) is 17.5 Å². The first-order chi connectivity index (χ1) is 12.2. The number of carbonyl (C=O) groups excluding carboxylic acids is 1. The fourth-order valence-corrected chi connectivity index (χ4v) is 3.38. The Morgan fingerprint density at radius 1 is 0.962 bits per heavy atom. The molecule has 3 aromatic rings. The lowest BCUT2D eigenvalue weighted by Crippen LogP contribution is -2.27. The van der Waals surface area contributed by atoms with E-state index < -0.39 is 10.0 Å². The predicted octanol–water partition coefficient (Wildman–Crippen LogP) is 3.80. The van der Waals surface area contributed by atoms with Crippen LogP contribution in [0.5, 0.6) is 0 Å². The van der Waals surface area contributed by atoms with E-state index in [0.717, 1.165) is 28.3 Å². The molecule has 0 radical (unpaired) electrons. The standard InChI is InChI=1S/C20H20N2O3S/c1-14-8-11-19(21-26(3,24)25)18(12-14)20(23)22(2)17-10-9-15-6-4-5-7-16(15)13-17/h4-13,21H,1-3H3. The molecular weight excluding hydrogens is 348 g/mol. The Morgan fingerprint density at radius 3 is 2.35 bits per heavy atom. The molecule has 0 saturated carbocycles. The topological polar surface area (TPSA) is 66.5 Å². The number of aryl methyl sites for hydroxylation is 1. The molecule has 0 aliphatic rings. The van der Waals surface area contributed by atoms with Crippen LogP contribution in [0, 0.1) is 6.92 Å². The summed E-state index contributed by atoms with van der Waals surface area (Å²) in [5.74, 6) is -0.282. The minimum absolute atomic E-state index is 0.274. The van der Waals surface area contributed by atoms with Crippen molar-refractivity contribution in [3.05, 3.63) is 71.8 Å². The highest BCUT2D eigenvalue weighted by atomic mass is 32.2. The van der Waals surface area contributed by atoms with Crippen molar-refractivity contribution >= 4 is 38.1 Å². The van der Waals surface area contributed by atoms with Crippen LogP contribution in [-0.4, -0.2) is 27.6 Å². The molecule has 1 amide bonds. The molecule has 3 rings (SSSR count). The summed E-state index contributed by atoms with van der Waals surface area (Å²) in [7, 11) is -1.81. The molecule has 0 heterocycles. The first-order valence-corrected chi connectivity index (χ1v) is 9.99. The maximum Gasteiger partial charge on any atom is 0.260 e. The van der Waals surface area contributed by atoms with Gasteiger partial charge in [-0.05, 0) is 42.0 Å². The Morgan fingerprint density at radius 2 is 1.65 bits per heavy atom. The third-order valence-electron chi connectivity index (χ3n) is 4.13. The van der Waals surface area contributed by atoms with Crippen LogP contribution in [0.3, 0.4) is 0 Å². The number of hydrogen-bond donors (Lipinski definition) is 1. The Balaban J connectivity index is 2.00. The first-order valence-electron chi connectivity index (χ1n) is 8.10.